The summed E-state index contributed by atoms with van der Waals surface area (Å²) < 4.78 is 16.0. The molecule has 7 heteroatoms. The predicted molar refractivity (Wildman–Crippen MR) is 127 cm³/mol. The summed E-state index contributed by atoms with van der Waals surface area (Å²) >= 11 is 0. The number of nitrogens with one attached hydrogen (secondary N) is 2. The molecule has 2 aliphatic rings. The summed E-state index contributed by atoms with van der Waals surface area (Å²) in [7, 11) is 0. The molecule has 170 valence electrons. The minimum atomic E-state index is -0.943. The molecule has 1 unspecified atom stereocenters. The standard InChI is InChI=1S/C27H24FN5O/c1-16-10-18(9-8-17-6-7-17)11-23(30-16)27(34)32-25(22-12-19-4-2-3-5-21(19)31-22)26-24-13-20(28)14-33(24)15-29-26/h2-5,10-12,15,17,20,25,31H,6-7,13-14H2,1H3,(H,32,34)/t20-,25?/m1/s1. The maximum atomic E-state index is 14.1. The number of H-pyrrole nitrogens is 1. The van der Waals surface area contributed by atoms with Crippen LogP contribution in [0.1, 0.15) is 57.7 Å². The summed E-state index contributed by atoms with van der Waals surface area (Å²) in [5.41, 5.74) is 5.04. The highest BCUT2D eigenvalue weighted by Crippen LogP contribution is 2.31. The Morgan fingerprint density at radius 1 is 1.26 bits per heavy atom. The van der Waals surface area contributed by atoms with Crippen molar-refractivity contribution in [2.75, 3.05) is 0 Å². The Morgan fingerprint density at radius 2 is 2.12 bits per heavy atom. The number of aromatic amines is 1. The summed E-state index contributed by atoms with van der Waals surface area (Å²) in [5.74, 6) is 6.57. The molecule has 2 atom stereocenters. The number of pyridine rings is 1. The van der Waals surface area contributed by atoms with Gasteiger partial charge in [0.05, 0.1) is 18.6 Å². The molecule has 0 radical (unpaired) electrons. The van der Waals surface area contributed by atoms with Crippen LogP contribution in [-0.4, -0.2) is 31.6 Å². The Bertz CT molecular complexity index is 1440. The van der Waals surface area contributed by atoms with Gasteiger partial charge in [-0.15, -0.1) is 0 Å². The van der Waals surface area contributed by atoms with E-state index in [1.807, 2.05) is 47.9 Å². The highest BCUT2D eigenvalue weighted by atomic mass is 19.1. The van der Waals surface area contributed by atoms with Gasteiger partial charge in [0, 0.05) is 40.5 Å². The lowest BCUT2D eigenvalue weighted by atomic mass is 10.1. The lowest BCUT2D eigenvalue weighted by Gasteiger charge is -2.17. The summed E-state index contributed by atoms with van der Waals surface area (Å²) in [6.45, 7) is 2.15. The highest BCUT2D eigenvalue weighted by Gasteiger charge is 2.31. The van der Waals surface area contributed by atoms with Gasteiger partial charge < -0.3 is 14.9 Å². The average molecular weight is 454 g/mol. The number of hydrogen-bond acceptors (Lipinski definition) is 3. The van der Waals surface area contributed by atoms with Gasteiger partial charge >= 0.3 is 0 Å². The van der Waals surface area contributed by atoms with E-state index in [0.717, 1.165) is 46.4 Å². The smallest absolute Gasteiger partial charge is 0.270 e. The summed E-state index contributed by atoms with van der Waals surface area (Å²) in [4.78, 5) is 25.9. The van der Waals surface area contributed by atoms with Crippen LogP contribution in [0.25, 0.3) is 10.9 Å². The lowest BCUT2D eigenvalue weighted by molar-refractivity contribution is 0.0936. The van der Waals surface area contributed by atoms with Gasteiger partial charge in [0.1, 0.15) is 17.9 Å². The molecular formula is C27H24FN5O. The van der Waals surface area contributed by atoms with E-state index in [1.54, 1.807) is 12.4 Å². The molecule has 4 heterocycles. The van der Waals surface area contributed by atoms with Crippen LogP contribution in [0.15, 0.2) is 48.8 Å². The number of hydrogen-bond donors (Lipinski definition) is 2. The molecule has 6 nitrogen and oxygen atoms in total. The Hall–Kier alpha value is -3.92. The van der Waals surface area contributed by atoms with E-state index in [1.165, 1.54) is 0 Å². The second kappa shape index (κ2) is 8.14. The maximum Gasteiger partial charge on any atom is 0.270 e. The van der Waals surface area contributed by atoms with Gasteiger partial charge in [-0.3, -0.25) is 4.79 Å². The number of rotatable bonds is 4. The number of amides is 1. The number of carbonyl (C=O) groups excluding carboxylic acids is 1. The van der Waals surface area contributed by atoms with Gasteiger partial charge in [-0.05, 0) is 49.4 Å². The second-order valence-electron chi connectivity index (χ2n) is 9.17. The second-order valence-corrected chi connectivity index (χ2v) is 9.17. The quantitative estimate of drug-likeness (QED) is 0.454. The molecule has 3 aromatic heterocycles. The number of imidazole rings is 1. The minimum Gasteiger partial charge on any atom is -0.356 e. The summed E-state index contributed by atoms with van der Waals surface area (Å²) in [6.07, 6.45) is 3.28. The number of halogens is 1. The Labute approximate surface area is 196 Å². The van der Waals surface area contributed by atoms with Crippen LogP contribution in [0.4, 0.5) is 4.39 Å². The molecule has 1 saturated carbocycles. The monoisotopic (exact) mass is 453 g/mol. The van der Waals surface area contributed by atoms with Crippen LogP contribution in [0, 0.1) is 24.7 Å². The van der Waals surface area contributed by atoms with Crippen LogP contribution in [0.2, 0.25) is 0 Å². The number of para-hydroxylation sites is 1. The SMILES string of the molecule is Cc1cc(C#CC2CC2)cc(C(=O)NC(c2cc3ccccc3[nH]2)c2ncn3c2C[C@@H](F)C3)n1. The molecule has 0 spiro atoms. The molecule has 34 heavy (non-hydrogen) atoms. The number of carbonyl (C=O) groups is 1. The zero-order valence-electron chi connectivity index (χ0n) is 18.8. The number of alkyl halides is 1. The predicted octanol–water partition coefficient (Wildman–Crippen LogP) is 4.24. The minimum absolute atomic E-state index is 0.283. The first-order valence-electron chi connectivity index (χ1n) is 11.6. The molecule has 0 bridgehead atoms. The third kappa shape index (κ3) is 3.96. The third-order valence-corrected chi connectivity index (χ3v) is 6.38. The fourth-order valence-electron chi connectivity index (χ4n) is 4.55. The van der Waals surface area contributed by atoms with Gasteiger partial charge in [-0.1, -0.05) is 30.0 Å². The fraction of sp³-hybridized carbons (Fsp3) is 0.296. The van der Waals surface area contributed by atoms with Crippen LogP contribution in [0.3, 0.4) is 0 Å². The molecule has 1 fully saturated rings. The lowest BCUT2D eigenvalue weighted by Crippen LogP contribution is -2.31. The molecule has 1 aromatic carbocycles. The normalized spacial score (nSPS) is 17.8. The van der Waals surface area contributed by atoms with Crippen molar-refractivity contribution < 1.29 is 9.18 Å². The van der Waals surface area contributed by atoms with E-state index in [4.69, 9.17) is 0 Å². The first-order chi connectivity index (χ1) is 16.5. The van der Waals surface area contributed by atoms with Crippen molar-refractivity contribution in [2.24, 2.45) is 5.92 Å². The first kappa shape index (κ1) is 20.7. The molecule has 1 amide bonds. The van der Waals surface area contributed by atoms with Gasteiger partial charge in [0.25, 0.3) is 5.91 Å². The molecular weight excluding hydrogens is 429 g/mol. The van der Waals surface area contributed by atoms with Gasteiger partial charge in [-0.25, -0.2) is 14.4 Å². The van der Waals surface area contributed by atoms with Crippen molar-refractivity contribution in [3.8, 4) is 11.8 Å². The maximum absolute atomic E-state index is 14.1. The van der Waals surface area contributed by atoms with E-state index >= 15 is 0 Å². The van der Waals surface area contributed by atoms with Crippen molar-refractivity contribution in [1.29, 1.82) is 0 Å². The van der Waals surface area contributed by atoms with Crippen LogP contribution >= 0.6 is 0 Å². The number of nitrogens with zero attached hydrogens (tertiary/aromatic N) is 3. The molecule has 6 rings (SSSR count). The van der Waals surface area contributed by atoms with Crippen molar-refractivity contribution in [2.45, 2.75) is 44.9 Å². The zero-order chi connectivity index (χ0) is 23.2. The Kier molecular flexibility index (Phi) is 4.95. The largest absolute Gasteiger partial charge is 0.356 e. The number of benzene rings is 1. The van der Waals surface area contributed by atoms with Crippen molar-refractivity contribution in [3.63, 3.8) is 0 Å². The summed E-state index contributed by atoms with van der Waals surface area (Å²) in [5, 5.41) is 4.14. The van der Waals surface area contributed by atoms with E-state index in [2.05, 4.69) is 32.1 Å². The van der Waals surface area contributed by atoms with E-state index in [9.17, 15) is 9.18 Å². The number of fused-ring (bicyclic) bond motifs is 2. The molecule has 4 aromatic rings. The van der Waals surface area contributed by atoms with Crippen LogP contribution in [-0.2, 0) is 13.0 Å². The van der Waals surface area contributed by atoms with Gasteiger partial charge in [0.2, 0.25) is 0 Å². The molecule has 1 aliphatic carbocycles. The van der Waals surface area contributed by atoms with E-state index < -0.39 is 12.2 Å². The average Bonchev–Trinajstić information content (AvgIpc) is 3.24. The topological polar surface area (TPSA) is 75.6 Å². The van der Waals surface area contributed by atoms with E-state index in [0.29, 0.717) is 17.3 Å². The Balaban J connectivity index is 1.37. The fourth-order valence-corrected chi connectivity index (χ4v) is 4.55. The molecule has 2 N–H and O–H groups in total. The third-order valence-electron chi connectivity index (χ3n) is 6.38. The van der Waals surface area contributed by atoms with Crippen molar-refractivity contribution >= 4 is 16.8 Å². The van der Waals surface area contributed by atoms with Crippen molar-refractivity contribution in [1.82, 2.24) is 24.8 Å². The van der Waals surface area contributed by atoms with Crippen LogP contribution < -0.4 is 5.32 Å². The molecule has 0 saturated heterocycles. The van der Waals surface area contributed by atoms with E-state index in [-0.39, 0.29) is 18.9 Å². The molecule has 1 aliphatic heterocycles. The first-order valence-corrected chi connectivity index (χ1v) is 11.6. The number of aromatic nitrogens is 4. The number of aryl methyl sites for hydroxylation is 1. The highest BCUT2D eigenvalue weighted by molar-refractivity contribution is 5.93. The zero-order valence-corrected chi connectivity index (χ0v) is 18.8. The van der Waals surface area contributed by atoms with Crippen LogP contribution in [0.5, 0.6) is 0 Å². The van der Waals surface area contributed by atoms with Gasteiger partial charge in [-0.2, -0.15) is 0 Å². The summed E-state index contributed by atoms with van der Waals surface area (Å²) in [6, 6.07) is 13.0. The van der Waals surface area contributed by atoms with Crippen molar-refractivity contribution in [3.05, 3.63) is 82.8 Å². The Morgan fingerprint density at radius 3 is 2.94 bits per heavy atom. The van der Waals surface area contributed by atoms with Gasteiger partial charge in [0.15, 0.2) is 0 Å².